The summed E-state index contributed by atoms with van der Waals surface area (Å²) >= 11 is 3.11. The minimum atomic E-state index is -0.148. The Morgan fingerprint density at radius 3 is 2.88 bits per heavy atom. The van der Waals surface area contributed by atoms with Gasteiger partial charge in [-0.2, -0.15) is 0 Å². The summed E-state index contributed by atoms with van der Waals surface area (Å²) in [6.07, 6.45) is 0.655. The number of amides is 1. The van der Waals surface area contributed by atoms with Crippen LogP contribution >= 0.6 is 22.7 Å². The van der Waals surface area contributed by atoms with Gasteiger partial charge in [0.15, 0.2) is 0 Å². The van der Waals surface area contributed by atoms with Gasteiger partial charge in [-0.25, -0.2) is 9.97 Å². The topological polar surface area (TPSA) is 70.7 Å². The van der Waals surface area contributed by atoms with E-state index in [0.717, 1.165) is 26.7 Å². The number of H-pyrrole nitrogens is 1. The number of para-hydroxylation sites is 2. The fraction of sp³-hybridized carbons (Fsp3) is 0.118. The number of fused-ring (bicyclic) bond motifs is 1. The van der Waals surface area contributed by atoms with Crippen LogP contribution in [0.2, 0.25) is 0 Å². The predicted octanol–water partition coefficient (Wildman–Crippen LogP) is 3.72. The molecule has 4 rings (SSSR count). The van der Waals surface area contributed by atoms with Gasteiger partial charge in [0, 0.05) is 18.3 Å². The maximum atomic E-state index is 12.2. The number of aromatic nitrogens is 3. The van der Waals surface area contributed by atoms with Crippen molar-refractivity contribution in [2.75, 3.05) is 6.54 Å². The minimum Gasteiger partial charge on any atom is -0.350 e. The molecule has 0 aliphatic rings. The Morgan fingerprint density at radius 2 is 2.04 bits per heavy atom. The van der Waals surface area contributed by atoms with Gasteiger partial charge in [-0.3, -0.25) is 4.79 Å². The molecule has 0 atom stereocenters. The molecule has 0 unspecified atom stereocenters. The summed E-state index contributed by atoms with van der Waals surface area (Å²) in [5.41, 5.74) is 2.42. The van der Waals surface area contributed by atoms with Crippen LogP contribution in [0.15, 0.2) is 47.2 Å². The molecular weight excluding hydrogens is 340 g/mol. The number of nitrogens with one attached hydrogen (secondary N) is 2. The highest BCUT2D eigenvalue weighted by atomic mass is 32.1. The number of nitrogens with zero attached hydrogens (tertiary/aromatic N) is 2. The molecule has 120 valence electrons. The fourth-order valence-electron chi connectivity index (χ4n) is 2.40. The number of hydrogen-bond acceptors (Lipinski definition) is 5. The highest BCUT2D eigenvalue weighted by Crippen LogP contribution is 2.27. The van der Waals surface area contributed by atoms with Crippen molar-refractivity contribution in [2.45, 2.75) is 6.42 Å². The lowest BCUT2D eigenvalue weighted by Crippen LogP contribution is -2.26. The Hall–Kier alpha value is -2.51. The van der Waals surface area contributed by atoms with Gasteiger partial charge in [0.25, 0.3) is 5.91 Å². The quantitative estimate of drug-likeness (QED) is 0.574. The summed E-state index contributed by atoms with van der Waals surface area (Å²) < 4.78 is 0. The second-order valence-corrected chi connectivity index (χ2v) is 7.03. The van der Waals surface area contributed by atoms with Crippen molar-refractivity contribution < 1.29 is 4.79 Å². The Bertz CT molecular complexity index is 938. The summed E-state index contributed by atoms with van der Waals surface area (Å²) in [7, 11) is 0. The second kappa shape index (κ2) is 6.54. The van der Waals surface area contributed by atoms with Gasteiger partial charge in [0.05, 0.1) is 15.9 Å². The molecule has 3 aromatic heterocycles. The van der Waals surface area contributed by atoms with Gasteiger partial charge in [-0.1, -0.05) is 18.2 Å². The van der Waals surface area contributed by atoms with E-state index < -0.39 is 0 Å². The Labute approximate surface area is 146 Å². The van der Waals surface area contributed by atoms with Gasteiger partial charge in [-0.05, 0) is 23.6 Å². The first-order chi connectivity index (χ1) is 11.8. The predicted molar refractivity (Wildman–Crippen MR) is 97.6 cm³/mol. The molecule has 0 saturated carbocycles. The van der Waals surface area contributed by atoms with Crippen LogP contribution in [-0.4, -0.2) is 27.4 Å². The first-order valence-corrected chi connectivity index (χ1v) is 9.27. The van der Waals surface area contributed by atoms with Crippen molar-refractivity contribution in [1.29, 1.82) is 0 Å². The molecule has 5 nitrogen and oxygen atoms in total. The number of aromatic amines is 1. The highest BCUT2D eigenvalue weighted by molar-refractivity contribution is 7.20. The minimum absolute atomic E-state index is 0.148. The number of imidazole rings is 1. The Balaban J connectivity index is 1.36. The average molecular weight is 354 g/mol. The standard InChI is InChI=1S/C17H14N4OS2/c22-16(13-10-24-17(21-13)14-6-3-9-23-14)18-8-7-15-19-11-4-1-2-5-12(11)20-15/h1-6,9-10H,7-8H2,(H,18,22)(H,19,20). The molecule has 1 amide bonds. The van der Waals surface area contributed by atoms with Crippen LogP contribution < -0.4 is 5.32 Å². The first-order valence-electron chi connectivity index (χ1n) is 7.51. The highest BCUT2D eigenvalue weighted by Gasteiger charge is 2.12. The van der Waals surface area contributed by atoms with Crippen molar-refractivity contribution >= 4 is 39.6 Å². The molecule has 0 spiro atoms. The summed E-state index contributed by atoms with van der Waals surface area (Å²) in [5.74, 6) is 0.721. The van der Waals surface area contributed by atoms with E-state index in [4.69, 9.17) is 0 Å². The second-order valence-electron chi connectivity index (χ2n) is 5.22. The zero-order valence-corrected chi connectivity index (χ0v) is 14.3. The normalized spacial score (nSPS) is 11.0. The third-order valence-electron chi connectivity index (χ3n) is 3.55. The van der Waals surface area contributed by atoms with Crippen LogP contribution in [0, 0.1) is 0 Å². The average Bonchev–Trinajstić information content (AvgIpc) is 3.33. The van der Waals surface area contributed by atoms with E-state index in [0.29, 0.717) is 18.7 Å². The van der Waals surface area contributed by atoms with E-state index in [1.165, 1.54) is 11.3 Å². The van der Waals surface area contributed by atoms with Crippen molar-refractivity contribution in [2.24, 2.45) is 0 Å². The van der Waals surface area contributed by atoms with Gasteiger partial charge in [0.2, 0.25) is 0 Å². The smallest absolute Gasteiger partial charge is 0.270 e. The number of carbonyl (C=O) groups excluding carboxylic acids is 1. The third kappa shape index (κ3) is 3.08. The number of thiophene rings is 1. The Morgan fingerprint density at radius 1 is 1.12 bits per heavy atom. The molecule has 1 aromatic carbocycles. The van der Waals surface area contributed by atoms with Crippen molar-refractivity contribution in [1.82, 2.24) is 20.3 Å². The molecule has 7 heteroatoms. The van der Waals surface area contributed by atoms with Gasteiger partial charge >= 0.3 is 0 Å². The van der Waals surface area contributed by atoms with Crippen LogP contribution in [0.1, 0.15) is 16.3 Å². The van der Waals surface area contributed by atoms with E-state index in [9.17, 15) is 4.79 Å². The van der Waals surface area contributed by atoms with Gasteiger partial charge in [0.1, 0.15) is 16.5 Å². The lowest BCUT2D eigenvalue weighted by molar-refractivity contribution is 0.0950. The van der Waals surface area contributed by atoms with E-state index in [1.54, 1.807) is 16.7 Å². The monoisotopic (exact) mass is 354 g/mol. The number of thiazole rings is 1. The van der Waals surface area contributed by atoms with Crippen LogP contribution in [-0.2, 0) is 6.42 Å². The van der Waals surface area contributed by atoms with Crippen molar-refractivity contribution in [3.8, 4) is 9.88 Å². The zero-order valence-electron chi connectivity index (χ0n) is 12.7. The summed E-state index contributed by atoms with van der Waals surface area (Å²) in [6, 6.07) is 11.9. The van der Waals surface area contributed by atoms with Crippen molar-refractivity contribution in [3.05, 3.63) is 58.7 Å². The van der Waals surface area contributed by atoms with Gasteiger partial charge in [-0.15, -0.1) is 22.7 Å². The first kappa shape index (κ1) is 15.0. The molecule has 3 heterocycles. The molecule has 0 fully saturated rings. The van der Waals surface area contributed by atoms with E-state index >= 15 is 0 Å². The molecule has 24 heavy (non-hydrogen) atoms. The lowest BCUT2D eigenvalue weighted by Gasteiger charge is -2.01. The zero-order chi connectivity index (χ0) is 16.4. The van der Waals surface area contributed by atoms with Crippen LogP contribution in [0.4, 0.5) is 0 Å². The maximum Gasteiger partial charge on any atom is 0.270 e. The molecule has 0 saturated heterocycles. The molecular formula is C17H14N4OS2. The molecule has 2 N–H and O–H groups in total. The van der Waals surface area contributed by atoms with Crippen LogP contribution in [0.5, 0.6) is 0 Å². The van der Waals surface area contributed by atoms with Crippen molar-refractivity contribution in [3.63, 3.8) is 0 Å². The van der Waals surface area contributed by atoms with Crippen LogP contribution in [0.3, 0.4) is 0 Å². The lowest BCUT2D eigenvalue weighted by atomic mass is 10.3. The van der Waals surface area contributed by atoms with Gasteiger partial charge < -0.3 is 10.3 Å². The van der Waals surface area contributed by atoms with E-state index in [-0.39, 0.29) is 5.91 Å². The molecule has 0 bridgehead atoms. The largest absolute Gasteiger partial charge is 0.350 e. The molecule has 4 aromatic rings. The van der Waals surface area contributed by atoms with Crippen LogP contribution in [0.25, 0.3) is 20.9 Å². The molecule has 0 aliphatic carbocycles. The number of benzene rings is 1. The number of rotatable bonds is 5. The SMILES string of the molecule is O=C(NCCc1nc2ccccc2[nH]1)c1csc(-c2cccs2)n1. The number of carbonyl (C=O) groups is 1. The Kier molecular flexibility index (Phi) is 4.10. The van der Waals surface area contributed by atoms with E-state index in [2.05, 4.69) is 20.3 Å². The fourth-order valence-corrected chi connectivity index (χ4v) is 4.01. The maximum absolute atomic E-state index is 12.2. The summed E-state index contributed by atoms with van der Waals surface area (Å²) in [5, 5.41) is 7.58. The summed E-state index contributed by atoms with van der Waals surface area (Å²) in [4.78, 5) is 25.4. The molecule has 0 aliphatic heterocycles. The third-order valence-corrected chi connectivity index (χ3v) is 5.44. The molecule has 0 radical (unpaired) electrons. The number of hydrogen-bond donors (Lipinski definition) is 2. The van der Waals surface area contributed by atoms with E-state index in [1.807, 2.05) is 41.8 Å². The summed E-state index contributed by atoms with van der Waals surface area (Å²) in [6.45, 7) is 0.518.